The first-order chi connectivity index (χ1) is 12.4. The molecule has 1 atom stereocenters. The van der Waals surface area contributed by atoms with Gasteiger partial charge in [0, 0.05) is 19.7 Å². The van der Waals surface area contributed by atoms with Crippen molar-refractivity contribution in [1.82, 2.24) is 10.6 Å². The zero-order valence-electron chi connectivity index (χ0n) is 17.1. The van der Waals surface area contributed by atoms with Gasteiger partial charge in [0.05, 0.1) is 13.2 Å². The summed E-state index contributed by atoms with van der Waals surface area (Å²) in [6, 6.07) is 4.85. The molecule has 0 aliphatic heterocycles. The van der Waals surface area contributed by atoms with E-state index in [0.717, 1.165) is 31.4 Å². The lowest BCUT2D eigenvalue weighted by Gasteiger charge is -2.30. The Labute approximate surface area is 180 Å². The smallest absolute Gasteiger partial charge is 0.191 e. The average molecular weight is 495 g/mol. The van der Waals surface area contributed by atoms with Gasteiger partial charge in [-0.25, -0.2) is 4.39 Å². The summed E-state index contributed by atoms with van der Waals surface area (Å²) >= 11 is 0. The van der Waals surface area contributed by atoms with Crippen molar-refractivity contribution in [3.05, 3.63) is 29.6 Å². The topological polar surface area (TPSA) is 65.9 Å². The number of aliphatic hydroxyl groups excluding tert-OH is 1. The summed E-state index contributed by atoms with van der Waals surface area (Å²) in [5.41, 5.74) is 0.827. The molecule has 1 aromatic rings. The van der Waals surface area contributed by atoms with Crippen LogP contribution in [0.5, 0.6) is 5.75 Å². The molecular weight excluding hydrogens is 460 g/mol. The fourth-order valence-corrected chi connectivity index (χ4v) is 2.95. The molecule has 1 aromatic carbocycles. The second-order valence-electron chi connectivity index (χ2n) is 6.64. The minimum atomic E-state index is -0.375. The number of halogens is 2. The Morgan fingerprint density at radius 3 is 2.44 bits per heavy atom. The zero-order chi connectivity index (χ0) is 19.6. The predicted octanol–water partition coefficient (Wildman–Crippen LogP) is 4.26. The van der Waals surface area contributed by atoms with E-state index in [1.165, 1.54) is 13.2 Å². The van der Waals surface area contributed by atoms with Crippen LogP contribution in [0, 0.1) is 11.2 Å². The van der Waals surface area contributed by atoms with Crippen molar-refractivity contribution in [2.75, 3.05) is 26.8 Å². The Kier molecular flexibility index (Phi) is 12.6. The third kappa shape index (κ3) is 7.81. The van der Waals surface area contributed by atoms with Crippen molar-refractivity contribution >= 4 is 29.9 Å². The van der Waals surface area contributed by atoms with Gasteiger partial charge in [0.15, 0.2) is 17.5 Å². The van der Waals surface area contributed by atoms with Crippen molar-refractivity contribution in [2.45, 2.75) is 53.0 Å². The number of ether oxygens (including phenoxy) is 1. The molecule has 0 radical (unpaired) electrons. The van der Waals surface area contributed by atoms with Crippen LogP contribution in [0.4, 0.5) is 4.39 Å². The molecule has 0 heterocycles. The molecule has 7 heteroatoms. The van der Waals surface area contributed by atoms with Gasteiger partial charge in [-0.2, -0.15) is 0 Å². The Bertz CT molecular complexity index is 580. The minimum Gasteiger partial charge on any atom is -0.494 e. The molecule has 0 bridgehead atoms. The van der Waals surface area contributed by atoms with Crippen LogP contribution in [0.25, 0.3) is 0 Å². The zero-order valence-corrected chi connectivity index (χ0v) is 19.5. The van der Waals surface area contributed by atoms with Gasteiger partial charge >= 0.3 is 0 Å². The summed E-state index contributed by atoms with van der Waals surface area (Å²) in [4.78, 5) is 4.73. The quantitative estimate of drug-likeness (QED) is 0.258. The Balaban J connectivity index is 0.00000676. The third-order valence-electron chi connectivity index (χ3n) is 5.09. The van der Waals surface area contributed by atoms with Crippen LogP contribution in [-0.4, -0.2) is 37.9 Å². The Hall–Kier alpha value is -1.09. The maximum Gasteiger partial charge on any atom is 0.191 e. The summed E-state index contributed by atoms with van der Waals surface area (Å²) in [5.74, 6) is 0.557. The van der Waals surface area contributed by atoms with Gasteiger partial charge in [-0.1, -0.05) is 19.9 Å². The first-order valence-electron chi connectivity index (χ1n) is 9.44. The van der Waals surface area contributed by atoms with Crippen molar-refractivity contribution in [1.29, 1.82) is 0 Å². The highest BCUT2D eigenvalue weighted by Crippen LogP contribution is 2.30. The van der Waals surface area contributed by atoms with Crippen LogP contribution < -0.4 is 15.4 Å². The predicted molar refractivity (Wildman–Crippen MR) is 121 cm³/mol. The van der Waals surface area contributed by atoms with Crippen molar-refractivity contribution in [3.8, 4) is 5.75 Å². The molecule has 156 valence electrons. The van der Waals surface area contributed by atoms with E-state index in [4.69, 9.17) is 9.73 Å². The van der Waals surface area contributed by atoms with Crippen LogP contribution in [0.2, 0.25) is 0 Å². The molecule has 0 spiro atoms. The number of aliphatic hydroxyl groups is 1. The van der Waals surface area contributed by atoms with Crippen LogP contribution in [0.1, 0.15) is 58.6 Å². The third-order valence-corrected chi connectivity index (χ3v) is 5.09. The van der Waals surface area contributed by atoms with E-state index in [2.05, 4.69) is 24.5 Å². The van der Waals surface area contributed by atoms with Crippen molar-refractivity contribution < 1.29 is 14.2 Å². The summed E-state index contributed by atoms with van der Waals surface area (Å²) < 4.78 is 18.9. The number of hydrogen-bond acceptors (Lipinski definition) is 3. The number of benzene rings is 1. The lowest BCUT2D eigenvalue weighted by atomic mass is 9.79. The highest BCUT2D eigenvalue weighted by Gasteiger charge is 2.25. The fourth-order valence-electron chi connectivity index (χ4n) is 2.95. The molecule has 1 unspecified atom stereocenters. The standard InChI is InChI=1S/C20H34FN3O2.HI/c1-6-20(7-2,11-12-25)14-23-19(22-8-3)24-15(4)16-9-10-18(26-5)17(21)13-16;/h9-10,13,15,25H,6-8,11-12,14H2,1-5H3,(H2,22,23,24);1H. The first kappa shape index (κ1) is 25.9. The summed E-state index contributed by atoms with van der Waals surface area (Å²) in [5, 5.41) is 15.9. The lowest BCUT2D eigenvalue weighted by Crippen LogP contribution is -2.40. The van der Waals surface area contributed by atoms with Crippen LogP contribution in [-0.2, 0) is 0 Å². The van der Waals surface area contributed by atoms with Gasteiger partial charge in [0.1, 0.15) is 0 Å². The molecule has 1 rings (SSSR count). The summed E-state index contributed by atoms with van der Waals surface area (Å²) in [7, 11) is 1.45. The number of nitrogens with one attached hydrogen (secondary N) is 2. The van der Waals surface area contributed by atoms with Gasteiger partial charge in [-0.3, -0.25) is 4.99 Å². The second kappa shape index (κ2) is 13.1. The number of methoxy groups -OCH3 is 1. The van der Waals surface area contributed by atoms with Crippen LogP contribution >= 0.6 is 24.0 Å². The van der Waals surface area contributed by atoms with E-state index < -0.39 is 0 Å². The van der Waals surface area contributed by atoms with E-state index in [1.807, 2.05) is 19.9 Å². The number of guanidine groups is 1. The molecule has 5 nitrogen and oxygen atoms in total. The molecule has 0 aliphatic carbocycles. The van der Waals surface area contributed by atoms with E-state index in [9.17, 15) is 9.50 Å². The number of nitrogens with zero attached hydrogens (tertiary/aromatic N) is 1. The maximum atomic E-state index is 14.0. The molecule has 0 amide bonds. The van der Waals surface area contributed by atoms with Crippen molar-refractivity contribution in [2.24, 2.45) is 10.4 Å². The van der Waals surface area contributed by atoms with Gasteiger partial charge in [-0.05, 0) is 56.2 Å². The highest BCUT2D eigenvalue weighted by atomic mass is 127. The Morgan fingerprint density at radius 1 is 1.30 bits per heavy atom. The lowest BCUT2D eigenvalue weighted by molar-refractivity contribution is 0.175. The first-order valence-corrected chi connectivity index (χ1v) is 9.44. The molecule has 0 fully saturated rings. The Morgan fingerprint density at radius 2 is 1.96 bits per heavy atom. The minimum absolute atomic E-state index is 0. The highest BCUT2D eigenvalue weighted by molar-refractivity contribution is 14.0. The van der Waals surface area contributed by atoms with Gasteiger partial charge in [0.25, 0.3) is 0 Å². The molecule has 0 saturated heterocycles. The second-order valence-corrected chi connectivity index (χ2v) is 6.64. The number of rotatable bonds is 10. The van der Waals surface area contributed by atoms with Crippen LogP contribution in [0.3, 0.4) is 0 Å². The largest absolute Gasteiger partial charge is 0.494 e. The maximum absolute atomic E-state index is 14.0. The number of hydrogen-bond donors (Lipinski definition) is 3. The van der Waals surface area contributed by atoms with E-state index in [-0.39, 0.29) is 53.6 Å². The molecule has 0 aliphatic rings. The fraction of sp³-hybridized carbons (Fsp3) is 0.650. The summed E-state index contributed by atoms with van der Waals surface area (Å²) in [6.07, 6.45) is 2.67. The normalized spacial score (nSPS) is 12.9. The van der Waals surface area contributed by atoms with Gasteiger partial charge in [0.2, 0.25) is 0 Å². The molecule has 27 heavy (non-hydrogen) atoms. The SMILES string of the molecule is CCNC(=NCC(CC)(CC)CCO)NC(C)c1ccc(OC)c(F)c1.I. The van der Waals surface area contributed by atoms with Gasteiger partial charge < -0.3 is 20.5 Å². The van der Waals surface area contributed by atoms with Gasteiger partial charge in [-0.15, -0.1) is 24.0 Å². The number of aliphatic imine (C=N–C) groups is 1. The van der Waals surface area contributed by atoms with Crippen LogP contribution in [0.15, 0.2) is 23.2 Å². The van der Waals surface area contributed by atoms with E-state index in [1.54, 1.807) is 6.07 Å². The molecule has 3 N–H and O–H groups in total. The summed E-state index contributed by atoms with van der Waals surface area (Å²) in [6.45, 7) is 9.79. The molecular formula is C20H35FIN3O2. The monoisotopic (exact) mass is 495 g/mol. The molecule has 0 saturated carbocycles. The van der Waals surface area contributed by atoms with Crippen molar-refractivity contribution in [3.63, 3.8) is 0 Å². The van der Waals surface area contributed by atoms with E-state index >= 15 is 0 Å². The molecule has 0 aromatic heterocycles. The average Bonchev–Trinajstić information content (AvgIpc) is 2.65. The van der Waals surface area contributed by atoms with E-state index in [0.29, 0.717) is 12.5 Å².